The number of hydrogen-bond donors (Lipinski definition) is 1. The maximum atomic E-state index is 12.9. The molecule has 1 aliphatic rings. The molecule has 4 heterocycles. The molecule has 1 aromatic carbocycles. The van der Waals surface area contributed by atoms with Crippen LogP contribution in [0.3, 0.4) is 0 Å². The van der Waals surface area contributed by atoms with Crippen LogP contribution >= 0.6 is 22.9 Å². The highest BCUT2D eigenvalue weighted by molar-refractivity contribution is 7.93. The molecule has 1 saturated heterocycles. The van der Waals surface area contributed by atoms with Crippen molar-refractivity contribution in [3.8, 4) is 0 Å². The van der Waals surface area contributed by atoms with Gasteiger partial charge in [-0.1, -0.05) is 23.7 Å². The van der Waals surface area contributed by atoms with Crippen molar-refractivity contribution in [3.63, 3.8) is 0 Å². The van der Waals surface area contributed by atoms with Crippen LogP contribution in [0.25, 0.3) is 10.9 Å². The number of carbonyl (C=O) groups is 1. The molecule has 4 aromatic rings. The van der Waals surface area contributed by atoms with E-state index in [0.717, 1.165) is 10.9 Å². The molecule has 0 unspecified atom stereocenters. The van der Waals surface area contributed by atoms with Crippen LogP contribution in [0.2, 0.25) is 5.02 Å². The van der Waals surface area contributed by atoms with Gasteiger partial charge in [-0.3, -0.25) is 9.52 Å². The van der Waals surface area contributed by atoms with E-state index in [1.165, 1.54) is 29.8 Å². The van der Waals surface area contributed by atoms with Gasteiger partial charge >= 0.3 is 0 Å². The number of pyridine rings is 1. The lowest BCUT2D eigenvalue weighted by molar-refractivity contribution is -0.132. The third-order valence-corrected chi connectivity index (χ3v) is 8.13. The van der Waals surface area contributed by atoms with E-state index >= 15 is 0 Å². The predicted molar refractivity (Wildman–Crippen MR) is 133 cm³/mol. The van der Waals surface area contributed by atoms with Gasteiger partial charge in [-0.15, -0.1) is 11.3 Å². The Kier molecular flexibility index (Phi) is 6.15. The van der Waals surface area contributed by atoms with Gasteiger partial charge in [-0.05, 0) is 24.3 Å². The first-order chi connectivity index (χ1) is 16.4. The number of rotatable bonds is 6. The van der Waals surface area contributed by atoms with E-state index in [1.807, 2.05) is 44.8 Å². The lowest BCUT2D eigenvalue weighted by Crippen LogP contribution is -2.49. The van der Waals surface area contributed by atoms with Gasteiger partial charge in [0.05, 0.1) is 10.5 Å². The lowest BCUT2D eigenvalue weighted by Gasteiger charge is -2.35. The van der Waals surface area contributed by atoms with Crippen molar-refractivity contribution in [2.75, 3.05) is 35.8 Å². The molecule has 12 heteroatoms. The first-order valence-electron chi connectivity index (χ1n) is 10.6. The number of nitrogens with one attached hydrogen (secondary N) is 1. The normalized spacial score (nSPS) is 14.5. The molecular weight excluding hydrogens is 496 g/mol. The summed E-state index contributed by atoms with van der Waals surface area (Å²) in [6.07, 6.45) is 4.75. The highest BCUT2D eigenvalue weighted by Crippen LogP contribution is 2.25. The van der Waals surface area contributed by atoms with Crippen molar-refractivity contribution >= 4 is 60.7 Å². The van der Waals surface area contributed by atoms with E-state index in [9.17, 15) is 13.2 Å². The Morgan fingerprint density at radius 3 is 2.62 bits per heavy atom. The number of aromatic nitrogens is 3. The van der Waals surface area contributed by atoms with E-state index in [4.69, 9.17) is 11.6 Å². The topological polar surface area (TPSA) is 100 Å². The first-order valence-corrected chi connectivity index (χ1v) is 13.3. The van der Waals surface area contributed by atoms with E-state index in [2.05, 4.69) is 14.7 Å². The minimum Gasteiger partial charge on any atom is -0.353 e. The molecule has 0 atom stereocenters. The average Bonchev–Trinajstić information content (AvgIpc) is 3.50. The summed E-state index contributed by atoms with van der Waals surface area (Å²) in [4.78, 5) is 25.1. The maximum absolute atomic E-state index is 12.9. The van der Waals surface area contributed by atoms with Crippen molar-refractivity contribution in [2.24, 2.45) is 0 Å². The molecule has 0 aliphatic carbocycles. The van der Waals surface area contributed by atoms with Crippen LogP contribution in [0, 0.1) is 0 Å². The van der Waals surface area contributed by atoms with Crippen molar-refractivity contribution < 1.29 is 13.2 Å². The van der Waals surface area contributed by atoms with Gasteiger partial charge in [0.1, 0.15) is 17.3 Å². The summed E-state index contributed by atoms with van der Waals surface area (Å²) in [6, 6.07) is 10.8. The number of piperazine rings is 1. The molecule has 0 bridgehead atoms. The van der Waals surface area contributed by atoms with E-state index < -0.39 is 10.0 Å². The Bertz CT molecular complexity index is 1410. The van der Waals surface area contributed by atoms with Gasteiger partial charge in [0, 0.05) is 55.5 Å². The minimum atomic E-state index is -3.74. The molecule has 5 rings (SSSR count). The predicted octanol–water partition coefficient (Wildman–Crippen LogP) is 3.30. The van der Waals surface area contributed by atoms with Crippen LogP contribution in [-0.2, 0) is 21.4 Å². The number of amides is 1. The SMILES string of the molecule is O=C(Cn1ccc2cccc(Cl)c21)N1CCN(c2ccc(S(=O)(=O)Nc3nccs3)cn2)CC1. The zero-order chi connectivity index (χ0) is 23.7. The van der Waals surface area contributed by atoms with Gasteiger partial charge in [0.25, 0.3) is 10.0 Å². The maximum Gasteiger partial charge on any atom is 0.265 e. The van der Waals surface area contributed by atoms with Crippen molar-refractivity contribution in [1.29, 1.82) is 0 Å². The van der Waals surface area contributed by atoms with Crippen molar-refractivity contribution in [1.82, 2.24) is 19.4 Å². The summed E-state index contributed by atoms with van der Waals surface area (Å²) in [5, 5.41) is 3.63. The van der Waals surface area contributed by atoms with Crippen LogP contribution in [-0.4, -0.2) is 59.9 Å². The van der Waals surface area contributed by atoms with E-state index in [-0.39, 0.29) is 17.3 Å². The third kappa shape index (κ3) is 4.59. The number of hydrogen-bond acceptors (Lipinski definition) is 7. The molecule has 1 aliphatic heterocycles. The number of para-hydroxylation sites is 1. The van der Waals surface area contributed by atoms with E-state index in [0.29, 0.717) is 42.2 Å². The molecule has 9 nitrogen and oxygen atoms in total. The number of fused-ring (bicyclic) bond motifs is 1. The van der Waals surface area contributed by atoms with Crippen molar-refractivity contribution in [2.45, 2.75) is 11.4 Å². The molecule has 1 fully saturated rings. The summed E-state index contributed by atoms with van der Waals surface area (Å²) < 4.78 is 29.3. The molecular formula is C22H21ClN6O3S2. The molecule has 176 valence electrons. The average molecular weight is 517 g/mol. The zero-order valence-corrected chi connectivity index (χ0v) is 20.4. The molecule has 0 saturated carbocycles. The highest BCUT2D eigenvalue weighted by atomic mass is 35.5. The Hall–Kier alpha value is -3.15. The number of halogens is 1. The Morgan fingerprint density at radius 2 is 1.91 bits per heavy atom. The van der Waals surface area contributed by atoms with Gasteiger partial charge in [0.2, 0.25) is 5.91 Å². The number of nitrogens with zero attached hydrogens (tertiary/aromatic N) is 5. The Labute approximate surface area is 205 Å². The van der Waals surface area contributed by atoms with E-state index in [1.54, 1.807) is 11.4 Å². The summed E-state index contributed by atoms with van der Waals surface area (Å²) in [6.45, 7) is 2.55. The molecule has 3 aromatic heterocycles. The van der Waals surface area contributed by atoms with Gasteiger partial charge in [-0.25, -0.2) is 18.4 Å². The standard InChI is InChI=1S/C22H21ClN6O3S2/c23-18-3-1-2-16-6-8-29(21(16)18)15-20(30)28-11-9-27(10-12-28)19-5-4-17(14-25-19)34(31,32)26-22-24-7-13-33-22/h1-8,13-14H,9-12,15H2,(H,24,26). The number of sulfonamides is 1. The number of benzene rings is 1. The van der Waals surface area contributed by atoms with Crippen LogP contribution in [0.4, 0.5) is 10.9 Å². The smallest absolute Gasteiger partial charge is 0.265 e. The first kappa shape index (κ1) is 22.6. The second kappa shape index (κ2) is 9.24. The molecule has 1 amide bonds. The quantitative estimate of drug-likeness (QED) is 0.422. The fourth-order valence-electron chi connectivity index (χ4n) is 3.94. The van der Waals surface area contributed by atoms with Crippen LogP contribution in [0.5, 0.6) is 0 Å². The summed E-state index contributed by atoms with van der Waals surface area (Å²) >= 11 is 7.54. The van der Waals surface area contributed by atoms with Gasteiger partial charge in [-0.2, -0.15) is 0 Å². The molecule has 1 N–H and O–H groups in total. The fraction of sp³-hybridized carbons (Fsp3) is 0.227. The molecule has 0 spiro atoms. The zero-order valence-electron chi connectivity index (χ0n) is 18.0. The van der Waals surface area contributed by atoms with Crippen LogP contribution < -0.4 is 9.62 Å². The highest BCUT2D eigenvalue weighted by Gasteiger charge is 2.23. The van der Waals surface area contributed by atoms with Gasteiger partial charge < -0.3 is 14.4 Å². The summed E-state index contributed by atoms with van der Waals surface area (Å²) in [5.74, 6) is 0.697. The minimum absolute atomic E-state index is 0.0275. The monoisotopic (exact) mass is 516 g/mol. The number of thiazole rings is 1. The lowest BCUT2D eigenvalue weighted by atomic mass is 10.2. The molecule has 0 radical (unpaired) electrons. The van der Waals surface area contributed by atoms with Crippen molar-refractivity contribution in [3.05, 3.63) is 65.4 Å². The third-order valence-electron chi connectivity index (χ3n) is 5.69. The van der Waals surface area contributed by atoms with Crippen LogP contribution in [0.15, 0.2) is 65.3 Å². The Balaban J connectivity index is 1.20. The van der Waals surface area contributed by atoms with Crippen LogP contribution in [0.1, 0.15) is 0 Å². The summed E-state index contributed by atoms with van der Waals surface area (Å²) in [5.41, 5.74) is 0.861. The second-order valence-corrected chi connectivity index (χ2v) is 10.8. The fourth-order valence-corrected chi connectivity index (χ4v) is 5.97. The Morgan fingerprint density at radius 1 is 1.09 bits per heavy atom. The van der Waals surface area contributed by atoms with Gasteiger partial charge in [0.15, 0.2) is 5.13 Å². The number of anilines is 2. The second-order valence-electron chi connectivity index (χ2n) is 7.78. The molecule has 34 heavy (non-hydrogen) atoms. The summed E-state index contributed by atoms with van der Waals surface area (Å²) in [7, 11) is -3.74. The number of carbonyl (C=O) groups excluding carboxylic acids is 1. The largest absolute Gasteiger partial charge is 0.353 e.